The second kappa shape index (κ2) is 4.49. The van der Waals surface area contributed by atoms with E-state index in [2.05, 4.69) is 5.32 Å². The molecule has 0 aliphatic heterocycles. The Balaban J connectivity index is 2.40. The van der Waals surface area contributed by atoms with Crippen molar-refractivity contribution in [3.05, 3.63) is 0 Å². The monoisotopic (exact) mass is 214 g/mol. The molecule has 4 nitrogen and oxygen atoms in total. The lowest BCUT2D eigenvalue weighted by atomic mass is 9.98. The van der Waals surface area contributed by atoms with Crippen molar-refractivity contribution in [1.82, 2.24) is 5.32 Å². The van der Waals surface area contributed by atoms with Crippen LogP contribution in [0.4, 0.5) is 0 Å². The van der Waals surface area contributed by atoms with Crippen molar-refractivity contribution >= 4 is 5.91 Å². The zero-order valence-corrected chi connectivity index (χ0v) is 9.68. The molecule has 4 N–H and O–H groups in total. The minimum Gasteiger partial charge on any atom is -0.388 e. The van der Waals surface area contributed by atoms with Gasteiger partial charge in [-0.3, -0.25) is 4.79 Å². The highest BCUT2D eigenvalue weighted by Gasteiger charge is 2.33. The van der Waals surface area contributed by atoms with Gasteiger partial charge in [0.1, 0.15) is 0 Å². The Kier molecular flexibility index (Phi) is 3.73. The highest BCUT2D eigenvalue weighted by molar-refractivity contribution is 5.85. The van der Waals surface area contributed by atoms with Gasteiger partial charge in [0.15, 0.2) is 0 Å². The molecule has 1 rings (SSSR count). The average Bonchev–Trinajstić information content (AvgIpc) is 2.62. The average molecular weight is 214 g/mol. The molecule has 0 spiro atoms. The summed E-state index contributed by atoms with van der Waals surface area (Å²) in [5.74, 6) is -0.176. The van der Waals surface area contributed by atoms with E-state index in [-0.39, 0.29) is 5.91 Å². The standard InChI is InChI=1S/C11H22N2O2/c1-3-10(2,12)9(14)13-8-11(15)6-4-5-7-11/h15H,3-8,12H2,1-2H3,(H,13,14). The lowest BCUT2D eigenvalue weighted by Crippen LogP contribution is -2.54. The fourth-order valence-corrected chi connectivity index (χ4v) is 1.82. The first-order valence-electron chi connectivity index (χ1n) is 5.69. The number of carbonyl (C=O) groups is 1. The van der Waals surface area contributed by atoms with Gasteiger partial charge in [0, 0.05) is 6.54 Å². The predicted octanol–water partition coefficient (Wildman–Crippen LogP) is 0.535. The van der Waals surface area contributed by atoms with Crippen molar-refractivity contribution in [1.29, 1.82) is 0 Å². The maximum absolute atomic E-state index is 11.6. The maximum Gasteiger partial charge on any atom is 0.239 e. The third-order valence-electron chi connectivity index (χ3n) is 3.37. The summed E-state index contributed by atoms with van der Waals surface area (Å²) in [5.41, 5.74) is 4.27. The summed E-state index contributed by atoms with van der Waals surface area (Å²) >= 11 is 0. The van der Waals surface area contributed by atoms with E-state index in [9.17, 15) is 9.90 Å². The minimum absolute atomic E-state index is 0.176. The summed E-state index contributed by atoms with van der Waals surface area (Å²) < 4.78 is 0. The predicted molar refractivity (Wildman–Crippen MR) is 59.3 cm³/mol. The minimum atomic E-state index is -0.824. The Bertz CT molecular complexity index is 233. The fraction of sp³-hybridized carbons (Fsp3) is 0.909. The largest absolute Gasteiger partial charge is 0.388 e. The second-order valence-corrected chi connectivity index (χ2v) is 4.89. The molecule has 1 unspecified atom stereocenters. The van der Waals surface area contributed by atoms with Crippen LogP contribution in [0.25, 0.3) is 0 Å². The molecule has 1 aliphatic carbocycles. The lowest BCUT2D eigenvalue weighted by molar-refractivity contribution is -0.127. The first kappa shape index (κ1) is 12.5. The van der Waals surface area contributed by atoms with Gasteiger partial charge in [0.25, 0.3) is 0 Å². The van der Waals surface area contributed by atoms with Gasteiger partial charge in [-0.15, -0.1) is 0 Å². The van der Waals surface area contributed by atoms with Gasteiger partial charge in [-0.25, -0.2) is 0 Å². The van der Waals surface area contributed by atoms with E-state index in [4.69, 9.17) is 5.73 Å². The maximum atomic E-state index is 11.6. The van der Waals surface area contributed by atoms with Crippen LogP contribution in [0, 0.1) is 0 Å². The fourth-order valence-electron chi connectivity index (χ4n) is 1.82. The molecule has 0 heterocycles. The Morgan fingerprint density at radius 2 is 2.07 bits per heavy atom. The summed E-state index contributed by atoms with van der Waals surface area (Å²) in [6.07, 6.45) is 4.23. The highest BCUT2D eigenvalue weighted by atomic mass is 16.3. The number of hydrogen-bond donors (Lipinski definition) is 3. The van der Waals surface area contributed by atoms with E-state index in [1.807, 2.05) is 6.92 Å². The molecule has 1 aliphatic rings. The number of nitrogens with two attached hydrogens (primary N) is 1. The van der Waals surface area contributed by atoms with Crippen molar-refractivity contribution in [2.75, 3.05) is 6.54 Å². The Morgan fingerprint density at radius 3 is 2.53 bits per heavy atom. The van der Waals surface area contributed by atoms with Crippen molar-refractivity contribution < 1.29 is 9.90 Å². The second-order valence-electron chi connectivity index (χ2n) is 4.89. The normalized spacial score (nSPS) is 23.5. The molecule has 0 aromatic rings. The van der Waals surface area contributed by atoms with E-state index < -0.39 is 11.1 Å². The van der Waals surface area contributed by atoms with Crippen LogP contribution in [-0.2, 0) is 4.79 Å². The van der Waals surface area contributed by atoms with Crippen LogP contribution in [-0.4, -0.2) is 28.7 Å². The van der Waals surface area contributed by atoms with Crippen LogP contribution in [0.3, 0.4) is 0 Å². The molecular weight excluding hydrogens is 192 g/mol. The molecule has 0 aromatic heterocycles. The van der Waals surface area contributed by atoms with E-state index in [1.165, 1.54) is 0 Å². The number of aliphatic hydroxyl groups is 1. The molecule has 4 heteroatoms. The first-order valence-corrected chi connectivity index (χ1v) is 5.69. The molecule has 0 aromatic carbocycles. The van der Waals surface area contributed by atoms with E-state index >= 15 is 0 Å². The van der Waals surface area contributed by atoms with Gasteiger partial charge in [0.05, 0.1) is 11.1 Å². The zero-order valence-electron chi connectivity index (χ0n) is 9.68. The van der Waals surface area contributed by atoms with Crippen molar-refractivity contribution in [2.45, 2.75) is 57.1 Å². The SMILES string of the molecule is CCC(C)(N)C(=O)NCC1(O)CCCC1. The van der Waals surface area contributed by atoms with Crippen molar-refractivity contribution in [2.24, 2.45) is 5.73 Å². The molecule has 88 valence electrons. The summed E-state index contributed by atoms with van der Waals surface area (Å²) in [6, 6.07) is 0. The molecule has 0 radical (unpaired) electrons. The number of hydrogen-bond acceptors (Lipinski definition) is 3. The van der Waals surface area contributed by atoms with Crippen LogP contribution in [0.2, 0.25) is 0 Å². The summed E-state index contributed by atoms with van der Waals surface area (Å²) in [6.45, 7) is 3.92. The molecular formula is C11H22N2O2. The number of nitrogens with one attached hydrogen (secondary N) is 1. The number of carbonyl (C=O) groups excluding carboxylic acids is 1. The van der Waals surface area contributed by atoms with Gasteiger partial charge in [-0.2, -0.15) is 0 Å². The number of rotatable bonds is 4. The van der Waals surface area contributed by atoms with Crippen molar-refractivity contribution in [3.63, 3.8) is 0 Å². The first-order chi connectivity index (χ1) is 6.90. The van der Waals surface area contributed by atoms with Gasteiger partial charge < -0.3 is 16.2 Å². The van der Waals surface area contributed by atoms with Crippen LogP contribution in [0.15, 0.2) is 0 Å². The molecule has 1 amide bonds. The molecule has 1 saturated carbocycles. The van der Waals surface area contributed by atoms with Gasteiger partial charge >= 0.3 is 0 Å². The van der Waals surface area contributed by atoms with Gasteiger partial charge in [0.2, 0.25) is 5.91 Å². The molecule has 1 atom stereocenters. The Morgan fingerprint density at radius 1 is 1.53 bits per heavy atom. The summed E-state index contributed by atoms with van der Waals surface area (Å²) in [4.78, 5) is 11.6. The van der Waals surface area contributed by atoms with E-state index in [0.717, 1.165) is 25.7 Å². The highest BCUT2D eigenvalue weighted by Crippen LogP contribution is 2.28. The topological polar surface area (TPSA) is 75.4 Å². The van der Waals surface area contributed by atoms with Crippen LogP contribution < -0.4 is 11.1 Å². The third kappa shape index (κ3) is 3.18. The quantitative estimate of drug-likeness (QED) is 0.639. The summed E-state index contributed by atoms with van der Waals surface area (Å²) in [7, 11) is 0. The smallest absolute Gasteiger partial charge is 0.239 e. The molecule has 0 bridgehead atoms. The van der Waals surface area contributed by atoms with Gasteiger partial charge in [-0.05, 0) is 26.2 Å². The lowest BCUT2D eigenvalue weighted by Gasteiger charge is -2.26. The molecule has 0 saturated heterocycles. The number of amides is 1. The van der Waals surface area contributed by atoms with Crippen LogP contribution in [0.1, 0.15) is 46.0 Å². The van der Waals surface area contributed by atoms with Crippen molar-refractivity contribution in [3.8, 4) is 0 Å². The zero-order chi connectivity index (χ0) is 11.5. The summed E-state index contributed by atoms with van der Waals surface area (Å²) in [5, 5.41) is 12.8. The Labute approximate surface area is 91.2 Å². The van der Waals surface area contributed by atoms with Crippen LogP contribution >= 0.6 is 0 Å². The molecule has 15 heavy (non-hydrogen) atoms. The van der Waals surface area contributed by atoms with Gasteiger partial charge in [-0.1, -0.05) is 19.8 Å². The van der Waals surface area contributed by atoms with E-state index in [0.29, 0.717) is 13.0 Å². The third-order valence-corrected chi connectivity index (χ3v) is 3.37. The van der Waals surface area contributed by atoms with Crippen LogP contribution in [0.5, 0.6) is 0 Å². The van der Waals surface area contributed by atoms with E-state index in [1.54, 1.807) is 6.92 Å². The molecule has 1 fully saturated rings. The Hall–Kier alpha value is -0.610.